The molecule has 0 aliphatic carbocycles. The van der Waals surface area contributed by atoms with E-state index in [-0.39, 0.29) is 5.56 Å². The van der Waals surface area contributed by atoms with Crippen LogP contribution in [0.1, 0.15) is 4.88 Å². The number of thiocarbonyl (C=S) groups is 1. The van der Waals surface area contributed by atoms with Gasteiger partial charge >= 0.3 is 0 Å². The molecule has 0 radical (unpaired) electrons. The number of H-pyrrole nitrogens is 1. The first-order valence-corrected chi connectivity index (χ1v) is 9.81. The number of benzene rings is 2. The minimum Gasteiger partial charge on any atom is -0.331 e. The van der Waals surface area contributed by atoms with Gasteiger partial charge in [0.15, 0.2) is 5.11 Å². The van der Waals surface area contributed by atoms with Crippen LogP contribution in [0.15, 0.2) is 65.5 Å². The third-order valence-corrected chi connectivity index (χ3v) is 5.33. The summed E-state index contributed by atoms with van der Waals surface area (Å²) >= 11 is 6.74. The highest BCUT2D eigenvalue weighted by Gasteiger charge is 2.16. The summed E-state index contributed by atoms with van der Waals surface area (Å²) < 4.78 is 0. The van der Waals surface area contributed by atoms with Crippen LogP contribution in [-0.4, -0.2) is 15.1 Å². The predicted molar refractivity (Wildman–Crippen MR) is 120 cm³/mol. The molecule has 140 valence electrons. The van der Waals surface area contributed by atoms with Crippen LogP contribution in [0.4, 0.5) is 11.6 Å². The van der Waals surface area contributed by atoms with Crippen molar-refractivity contribution in [1.82, 2.24) is 15.4 Å². The quantitative estimate of drug-likeness (QED) is 0.299. The van der Waals surface area contributed by atoms with Gasteiger partial charge in [-0.05, 0) is 36.8 Å². The number of hydrogen-bond donors (Lipinski definition) is 4. The van der Waals surface area contributed by atoms with Crippen LogP contribution in [0.5, 0.6) is 0 Å². The van der Waals surface area contributed by atoms with E-state index in [9.17, 15) is 4.79 Å². The fourth-order valence-corrected chi connectivity index (χ4v) is 4.14. The van der Waals surface area contributed by atoms with Gasteiger partial charge in [-0.1, -0.05) is 48.5 Å². The van der Waals surface area contributed by atoms with Gasteiger partial charge in [-0.15, -0.1) is 11.3 Å². The fourth-order valence-electron chi connectivity index (χ4n) is 2.93. The Morgan fingerprint density at radius 3 is 2.46 bits per heavy atom. The number of para-hydroxylation sites is 1. The van der Waals surface area contributed by atoms with Crippen molar-refractivity contribution in [3.8, 4) is 11.1 Å². The molecule has 2 heterocycles. The number of nitrogens with one attached hydrogen (secondary N) is 4. The maximum absolute atomic E-state index is 12.7. The van der Waals surface area contributed by atoms with Crippen LogP contribution < -0.4 is 21.7 Å². The molecule has 0 bridgehead atoms. The maximum atomic E-state index is 12.7. The molecule has 0 aliphatic rings. The number of nitrogens with zero attached hydrogens (tertiary/aromatic N) is 1. The van der Waals surface area contributed by atoms with Crippen molar-refractivity contribution < 1.29 is 0 Å². The predicted octanol–water partition coefficient (Wildman–Crippen LogP) is 4.27. The van der Waals surface area contributed by atoms with E-state index in [1.165, 1.54) is 11.3 Å². The van der Waals surface area contributed by atoms with E-state index >= 15 is 0 Å². The van der Waals surface area contributed by atoms with Crippen molar-refractivity contribution in [2.75, 3.05) is 10.7 Å². The molecule has 0 spiro atoms. The molecule has 0 unspecified atom stereocenters. The third-order valence-electron chi connectivity index (χ3n) is 4.13. The normalized spacial score (nSPS) is 10.6. The van der Waals surface area contributed by atoms with E-state index in [1.54, 1.807) is 0 Å². The van der Waals surface area contributed by atoms with Gasteiger partial charge in [-0.25, -0.2) is 4.98 Å². The van der Waals surface area contributed by atoms with Crippen LogP contribution in [-0.2, 0) is 0 Å². The van der Waals surface area contributed by atoms with Crippen molar-refractivity contribution in [3.05, 3.63) is 75.9 Å². The Bertz CT molecular complexity index is 1190. The maximum Gasteiger partial charge on any atom is 0.261 e. The second kappa shape index (κ2) is 7.79. The van der Waals surface area contributed by atoms with E-state index < -0.39 is 0 Å². The molecule has 2 aromatic carbocycles. The first-order valence-electron chi connectivity index (χ1n) is 8.59. The second-order valence-corrected chi connectivity index (χ2v) is 7.68. The zero-order chi connectivity index (χ0) is 19.5. The zero-order valence-electron chi connectivity index (χ0n) is 14.9. The molecule has 2 aromatic heterocycles. The average Bonchev–Trinajstić information content (AvgIpc) is 3.04. The van der Waals surface area contributed by atoms with E-state index in [4.69, 9.17) is 12.2 Å². The smallest absolute Gasteiger partial charge is 0.261 e. The second-order valence-electron chi connectivity index (χ2n) is 6.06. The van der Waals surface area contributed by atoms with Gasteiger partial charge in [-0.2, -0.15) is 0 Å². The highest BCUT2D eigenvalue weighted by Crippen LogP contribution is 2.35. The Morgan fingerprint density at radius 2 is 1.75 bits per heavy atom. The summed E-state index contributed by atoms with van der Waals surface area (Å²) in [6.45, 7) is 2.00. The molecule has 4 rings (SSSR count). The molecule has 0 saturated carbocycles. The first kappa shape index (κ1) is 18.1. The average molecular weight is 408 g/mol. The minimum absolute atomic E-state index is 0.195. The van der Waals surface area contributed by atoms with Crippen molar-refractivity contribution in [2.45, 2.75) is 6.92 Å². The van der Waals surface area contributed by atoms with Gasteiger partial charge in [-0.3, -0.25) is 20.6 Å². The van der Waals surface area contributed by atoms with E-state index in [0.717, 1.165) is 21.7 Å². The molecule has 0 fully saturated rings. The standard InChI is InChI=1S/C20H17N5OS2/c1-12-15(13-8-4-2-5-9-13)16-17(26)22-19(23-18(16)28-12)24-25-20(27)21-14-10-6-3-7-11-14/h2-11H,1H3,(H2,21,25,27)(H2,22,23,24,26). The summed E-state index contributed by atoms with van der Waals surface area (Å²) in [5.74, 6) is 0.301. The number of thiophene rings is 1. The molecule has 0 aliphatic heterocycles. The Morgan fingerprint density at radius 1 is 1.07 bits per heavy atom. The molecular weight excluding hydrogens is 390 g/mol. The number of aromatic nitrogens is 2. The first-order chi connectivity index (χ1) is 13.6. The third kappa shape index (κ3) is 3.73. The number of hydrogen-bond acceptors (Lipinski definition) is 5. The Balaban J connectivity index is 1.57. The largest absolute Gasteiger partial charge is 0.331 e. The summed E-state index contributed by atoms with van der Waals surface area (Å²) in [7, 11) is 0. The van der Waals surface area contributed by atoms with Gasteiger partial charge in [0.05, 0.1) is 5.39 Å². The number of anilines is 2. The number of aryl methyl sites for hydroxylation is 1. The van der Waals surface area contributed by atoms with Crippen LogP contribution in [0.2, 0.25) is 0 Å². The lowest BCUT2D eigenvalue weighted by atomic mass is 10.0. The lowest BCUT2D eigenvalue weighted by molar-refractivity contribution is 1.04. The van der Waals surface area contributed by atoms with Gasteiger partial charge in [0.2, 0.25) is 5.95 Å². The van der Waals surface area contributed by atoms with E-state index in [1.807, 2.05) is 67.6 Å². The Labute approximate surface area is 170 Å². The molecule has 28 heavy (non-hydrogen) atoms. The van der Waals surface area contributed by atoms with Crippen LogP contribution in [0, 0.1) is 6.92 Å². The van der Waals surface area contributed by atoms with Crippen LogP contribution >= 0.6 is 23.6 Å². The molecule has 4 N–H and O–H groups in total. The highest BCUT2D eigenvalue weighted by molar-refractivity contribution is 7.80. The van der Waals surface area contributed by atoms with Crippen LogP contribution in [0.3, 0.4) is 0 Å². The van der Waals surface area contributed by atoms with Crippen molar-refractivity contribution in [2.24, 2.45) is 0 Å². The molecule has 4 aromatic rings. The van der Waals surface area contributed by atoms with Crippen molar-refractivity contribution >= 4 is 50.5 Å². The van der Waals surface area contributed by atoms with E-state index in [0.29, 0.717) is 21.3 Å². The zero-order valence-corrected chi connectivity index (χ0v) is 16.6. The summed E-state index contributed by atoms with van der Waals surface area (Å²) in [5.41, 5.74) is 8.28. The van der Waals surface area contributed by atoms with Crippen LogP contribution in [0.25, 0.3) is 21.3 Å². The van der Waals surface area contributed by atoms with Crippen molar-refractivity contribution in [1.29, 1.82) is 0 Å². The Hall–Kier alpha value is -3.23. The number of rotatable bonds is 4. The minimum atomic E-state index is -0.195. The van der Waals surface area contributed by atoms with E-state index in [2.05, 4.69) is 26.1 Å². The monoisotopic (exact) mass is 407 g/mol. The summed E-state index contributed by atoms with van der Waals surface area (Å²) in [4.78, 5) is 21.8. The van der Waals surface area contributed by atoms with Crippen molar-refractivity contribution in [3.63, 3.8) is 0 Å². The lowest BCUT2D eigenvalue weighted by Crippen LogP contribution is -2.34. The lowest BCUT2D eigenvalue weighted by Gasteiger charge is -2.11. The summed E-state index contributed by atoms with van der Waals surface area (Å²) in [6, 6.07) is 19.4. The molecule has 8 heteroatoms. The number of aromatic amines is 1. The molecule has 0 atom stereocenters. The molecule has 6 nitrogen and oxygen atoms in total. The fraction of sp³-hybridized carbons (Fsp3) is 0.0500. The number of hydrazine groups is 1. The van der Waals surface area contributed by atoms with Gasteiger partial charge in [0, 0.05) is 16.1 Å². The SMILES string of the molecule is Cc1sc2nc(NNC(=S)Nc3ccccc3)[nH]c(=O)c2c1-c1ccccc1. The van der Waals surface area contributed by atoms with Gasteiger partial charge < -0.3 is 5.32 Å². The molecule has 0 saturated heterocycles. The van der Waals surface area contributed by atoms with Gasteiger partial charge in [0.1, 0.15) is 4.83 Å². The molecule has 0 amide bonds. The Kier molecular flexibility index (Phi) is 5.05. The molecular formula is C20H17N5OS2. The summed E-state index contributed by atoms with van der Waals surface area (Å²) in [5, 5.41) is 4.00. The van der Waals surface area contributed by atoms with Gasteiger partial charge in [0.25, 0.3) is 5.56 Å². The number of fused-ring (bicyclic) bond motifs is 1. The topological polar surface area (TPSA) is 81.8 Å². The summed E-state index contributed by atoms with van der Waals surface area (Å²) in [6.07, 6.45) is 0. The highest BCUT2D eigenvalue weighted by atomic mass is 32.1.